The maximum Gasteiger partial charge on any atom is 0.195 e. The van der Waals surface area contributed by atoms with E-state index in [0.29, 0.717) is 10.7 Å². The van der Waals surface area contributed by atoms with Crippen molar-refractivity contribution in [3.05, 3.63) is 23.3 Å². The first-order valence-corrected chi connectivity index (χ1v) is 5.25. The van der Waals surface area contributed by atoms with Crippen LogP contribution in [0.4, 0.5) is 0 Å². The van der Waals surface area contributed by atoms with Gasteiger partial charge in [-0.15, -0.1) is 6.58 Å². The second-order valence-corrected chi connectivity index (χ2v) is 4.28. The van der Waals surface area contributed by atoms with Crippen LogP contribution in [0.3, 0.4) is 0 Å². The molecule has 0 spiro atoms. The molecule has 14 heavy (non-hydrogen) atoms. The van der Waals surface area contributed by atoms with Crippen LogP contribution >= 0.6 is 12.2 Å². The number of aromatic amines is 1. The van der Waals surface area contributed by atoms with Gasteiger partial charge in [0.05, 0.1) is 6.04 Å². The van der Waals surface area contributed by atoms with Crippen LogP contribution in [0.2, 0.25) is 0 Å². The molecule has 4 heteroatoms. The Morgan fingerprint density at radius 3 is 2.71 bits per heavy atom. The molecule has 0 aliphatic heterocycles. The van der Waals surface area contributed by atoms with E-state index in [1.165, 1.54) is 0 Å². The molecule has 1 rings (SSSR count). The molecule has 0 aliphatic rings. The van der Waals surface area contributed by atoms with Gasteiger partial charge in [-0.1, -0.05) is 19.9 Å². The summed E-state index contributed by atoms with van der Waals surface area (Å²) in [5, 5.41) is 7.05. The molecule has 0 fully saturated rings. The van der Waals surface area contributed by atoms with Crippen LogP contribution in [0.1, 0.15) is 32.6 Å². The van der Waals surface area contributed by atoms with Crippen LogP contribution < -0.4 is 0 Å². The predicted octanol–water partition coefficient (Wildman–Crippen LogP) is 2.89. The summed E-state index contributed by atoms with van der Waals surface area (Å²) >= 11 is 5.17. The first-order valence-electron chi connectivity index (χ1n) is 4.84. The van der Waals surface area contributed by atoms with Crippen molar-refractivity contribution in [3.63, 3.8) is 0 Å². The highest BCUT2D eigenvalue weighted by atomic mass is 32.1. The molecule has 0 saturated carbocycles. The zero-order valence-corrected chi connectivity index (χ0v) is 9.77. The molecule has 0 aromatic carbocycles. The Bertz CT molecular complexity index is 362. The van der Waals surface area contributed by atoms with Crippen molar-refractivity contribution < 1.29 is 0 Å². The third kappa shape index (κ3) is 2.32. The average Bonchev–Trinajstić information content (AvgIpc) is 2.45. The lowest BCUT2D eigenvalue weighted by Gasteiger charge is -2.12. The second kappa shape index (κ2) is 4.55. The molecule has 3 nitrogen and oxygen atoms in total. The fourth-order valence-corrected chi connectivity index (χ4v) is 1.69. The van der Waals surface area contributed by atoms with Gasteiger partial charge in [0.15, 0.2) is 4.77 Å². The van der Waals surface area contributed by atoms with Crippen molar-refractivity contribution in [2.45, 2.75) is 33.2 Å². The van der Waals surface area contributed by atoms with Crippen molar-refractivity contribution in [3.8, 4) is 0 Å². The number of nitrogens with zero attached hydrogens (tertiary/aromatic N) is 2. The minimum Gasteiger partial charge on any atom is -0.297 e. The highest BCUT2D eigenvalue weighted by Gasteiger charge is 2.11. The number of H-pyrrole nitrogens is 1. The van der Waals surface area contributed by atoms with Gasteiger partial charge in [-0.25, -0.2) is 0 Å². The van der Waals surface area contributed by atoms with Crippen LogP contribution in [0.15, 0.2) is 12.7 Å². The zero-order valence-electron chi connectivity index (χ0n) is 8.95. The molecular formula is C10H17N3S. The molecule has 0 radical (unpaired) electrons. The van der Waals surface area contributed by atoms with Gasteiger partial charge in [-0.2, -0.15) is 5.10 Å². The predicted molar refractivity (Wildman–Crippen MR) is 60.9 cm³/mol. The Hall–Kier alpha value is -0.900. The van der Waals surface area contributed by atoms with Gasteiger partial charge >= 0.3 is 0 Å². The molecular weight excluding hydrogens is 194 g/mol. The summed E-state index contributed by atoms with van der Waals surface area (Å²) in [6.07, 6.45) is 2.81. The minimum absolute atomic E-state index is 0.204. The summed E-state index contributed by atoms with van der Waals surface area (Å²) in [6, 6.07) is 0.204. The zero-order chi connectivity index (χ0) is 10.7. The maximum absolute atomic E-state index is 5.17. The number of allylic oxidation sites excluding steroid dienone is 1. The first kappa shape index (κ1) is 11.2. The summed E-state index contributed by atoms with van der Waals surface area (Å²) < 4.78 is 2.69. The Morgan fingerprint density at radius 2 is 2.21 bits per heavy atom. The highest BCUT2D eigenvalue weighted by Crippen LogP contribution is 2.13. The molecule has 0 aliphatic carbocycles. The minimum atomic E-state index is 0.204. The van der Waals surface area contributed by atoms with E-state index in [1.807, 2.05) is 10.6 Å². The van der Waals surface area contributed by atoms with Crippen LogP contribution in [0, 0.1) is 10.7 Å². The average molecular weight is 211 g/mol. The molecule has 0 amide bonds. The van der Waals surface area contributed by atoms with Gasteiger partial charge in [-0.05, 0) is 25.1 Å². The largest absolute Gasteiger partial charge is 0.297 e. The molecule has 1 N–H and O–H groups in total. The van der Waals surface area contributed by atoms with Gasteiger partial charge in [-0.3, -0.25) is 9.67 Å². The van der Waals surface area contributed by atoms with Crippen LogP contribution in [0.25, 0.3) is 0 Å². The number of aromatic nitrogens is 3. The van der Waals surface area contributed by atoms with Crippen molar-refractivity contribution in [2.75, 3.05) is 0 Å². The number of rotatable bonds is 4. The summed E-state index contributed by atoms with van der Waals surface area (Å²) in [4.78, 5) is 0. The molecule has 1 aromatic heterocycles. The van der Waals surface area contributed by atoms with Crippen LogP contribution in [-0.2, 0) is 6.42 Å². The number of hydrogen-bond acceptors (Lipinski definition) is 2. The van der Waals surface area contributed by atoms with Gasteiger partial charge in [0.2, 0.25) is 0 Å². The topological polar surface area (TPSA) is 33.6 Å². The Balaban J connectivity index is 3.06. The van der Waals surface area contributed by atoms with Crippen molar-refractivity contribution in [1.29, 1.82) is 0 Å². The second-order valence-electron chi connectivity index (χ2n) is 3.89. The molecule has 1 atom stereocenters. The number of nitrogens with one attached hydrogen (secondary N) is 1. The summed E-state index contributed by atoms with van der Waals surface area (Å²) in [5.41, 5.74) is 0. The van der Waals surface area contributed by atoms with Gasteiger partial charge in [0.25, 0.3) is 0 Å². The normalized spacial score (nSPS) is 13.1. The number of hydrogen-bond donors (Lipinski definition) is 1. The van der Waals surface area contributed by atoms with Crippen molar-refractivity contribution in [1.82, 2.24) is 14.8 Å². The quantitative estimate of drug-likeness (QED) is 0.613. The van der Waals surface area contributed by atoms with Crippen LogP contribution in [0.5, 0.6) is 0 Å². The smallest absolute Gasteiger partial charge is 0.195 e. The third-order valence-electron chi connectivity index (χ3n) is 2.12. The van der Waals surface area contributed by atoms with Gasteiger partial charge in [0.1, 0.15) is 5.82 Å². The summed E-state index contributed by atoms with van der Waals surface area (Å²) in [6.45, 7) is 10.2. The molecule has 1 unspecified atom stereocenters. The van der Waals surface area contributed by atoms with E-state index in [-0.39, 0.29) is 6.04 Å². The lowest BCUT2D eigenvalue weighted by molar-refractivity contribution is 0.553. The third-order valence-corrected chi connectivity index (χ3v) is 2.40. The van der Waals surface area contributed by atoms with E-state index in [1.54, 1.807) is 0 Å². The molecule has 0 bridgehead atoms. The lowest BCUT2D eigenvalue weighted by atomic mass is 10.1. The van der Waals surface area contributed by atoms with E-state index in [2.05, 4.69) is 37.5 Å². The Labute approximate surface area is 89.8 Å². The lowest BCUT2D eigenvalue weighted by Crippen LogP contribution is -2.09. The van der Waals surface area contributed by atoms with Gasteiger partial charge in [0, 0.05) is 6.42 Å². The standard InChI is InChI=1S/C10H17N3S/c1-5-8(4)13-9(6-7(2)3)11-12-10(13)14/h5,7-8H,1,6H2,2-4H3,(H,12,14). The Kier molecular flexibility index (Phi) is 3.63. The van der Waals surface area contributed by atoms with Gasteiger partial charge < -0.3 is 0 Å². The van der Waals surface area contributed by atoms with E-state index < -0.39 is 0 Å². The van der Waals surface area contributed by atoms with E-state index in [4.69, 9.17) is 12.2 Å². The molecule has 1 aromatic rings. The summed E-state index contributed by atoms with van der Waals surface area (Å²) in [7, 11) is 0. The Morgan fingerprint density at radius 1 is 1.57 bits per heavy atom. The van der Waals surface area contributed by atoms with E-state index in [0.717, 1.165) is 12.2 Å². The first-order chi connectivity index (χ1) is 6.56. The van der Waals surface area contributed by atoms with E-state index in [9.17, 15) is 0 Å². The summed E-state index contributed by atoms with van der Waals surface area (Å²) in [5.74, 6) is 1.59. The fraction of sp³-hybridized carbons (Fsp3) is 0.600. The van der Waals surface area contributed by atoms with Crippen molar-refractivity contribution in [2.24, 2.45) is 5.92 Å². The highest BCUT2D eigenvalue weighted by molar-refractivity contribution is 7.71. The monoisotopic (exact) mass is 211 g/mol. The maximum atomic E-state index is 5.17. The van der Waals surface area contributed by atoms with E-state index >= 15 is 0 Å². The van der Waals surface area contributed by atoms with Crippen LogP contribution in [-0.4, -0.2) is 14.8 Å². The van der Waals surface area contributed by atoms with Crippen molar-refractivity contribution >= 4 is 12.2 Å². The fourth-order valence-electron chi connectivity index (χ4n) is 1.37. The molecule has 78 valence electrons. The SMILES string of the molecule is C=CC(C)n1c(CC(C)C)n[nH]c1=S. The molecule has 1 heterocycles. The molecule has 0 saturated heterocycles.